The first-order valence-corrected chi connectivity index (χ1v) is 9.19. The Morgan fingerprint density at radius 3 is 2.70 bits per heavy atom. The average Bonchev–Trinajstić information content (AvgIpc) is 2.52. The minimum absolute atomic E-state index is 0.0706. The highest BCUT2D eigenvalue weighted by molar-refractivity contribution is 5.94. The van der Waals surface area contributed by atoms with Crippen molar-refractivity contribution in [1.29, 1.82) is 0 Å². The standard InChI is InChI=1S/C20H27N3O4/c1-11(2)12-7-15(24)18-13-9-23(10-17(25)22-19(21)26)6-5-14(13)20(3,4)27-16(18)8-12/h7-8,11,24H,5-6,9-10H2,1-4H3,(H3,21,22,25,26). The number of carbonyl (C=O) groups excluding carboxylic acids is 2. The van der Waals surface area contributed by atoms with Crippen molar-refractivity contribution < 1.29 is 19.4 Å². The van der Waals surface area contributed by atoms with Crippen molar-refractivity contribution in [1.82, 2.24) is 10.2 Å². The van der Waals surface area contributed by atoms with E-state index in [9.17, 15) is 14.7 Å². The summed E-state index contributed by atoms with van der Waals surface area (Å²) in [5.41, 5.74) is 8.38. The number of phenols is 1. The Balaban J connectivity index is 1.96. The lowest BCUT2D eigenvalue weighted by Crippen LogP contribution is -2.46. The molecule has 0 saturated heterocycles. The first-order valence-electron chi connectivity index (χ1n) is 9.19. The summed E-state index contributed by atoms with van der Waals surface area (Å²) in [5, 5.41) is 12.8. The van der Waals surface area contributed by atoms with Crippen LogP contribution < -0.4 is 15.8 Å². The van der Waals surface area contributed by atoms with E-state index < -0.39 is 17.5 Å². The van der Waals surface area contributed by atoms with Crippen LogP contribution >= 0.6 is 0 Å². The molecule has 2 aliphatic heterocycles. The van der Waals surface area contributed by atoms with Crippen LogP contribution in [0.4, 0.5) is 4.79 Å². The van der Waals surface area contributed by atoms with Gasteiger partial charge in [-0.05, 0) is 55.0 Å². The topological polar surface area (TPSA) is 105 Å². The summed E-state index contributed by atoms with van der Waals surface area (Å²) >= 11 is 0. The molecule has 7 nitrogen and oxygen atoms in total. The lowest BCUT2D eigenvalue weighted by atomic mass is 9.81. The van der Waals surface area contributed by atoms with E-state index in [0.717, 1.165) is 23.1 Å². The number of benzene rings is 1. The Morgan fingerprint density at radius 1 is 1.37 bits per heavy atom. The van der Waals surface area contributed by atoms with Crippen LogP contribution in [0.25, 0.3) is 5.57 Å². The van der Waals surface area contributed by atoms with Crippen LogP contribution in [0.2, 0.25) is 0 Å². The SMILES string of the molecule is CC(C)c1cc(O)c2c(c1)OC(C)(C)C1=C2CN(CC(=O)NC(N)=O)CC1. The van der Waals surface area contributed by atoms with Gasteiger partial charge in [0.05, 0.1) is 12.1 Å². The maximum absolute atomic E-state index is 11.9. The molecule has 1 aromatic rings. The van der Waals surface area contributed by atoms with E-state index in [4.69, 9.17) is 10.5 Å². The molecule has 27 heavy (non-hydrogen) atoms. The molecule has 3 amide bonds. The summed E-state index contributed by atoms with van der Waals surface area (Å²) in [6.45, 7) is 9.42. The van der Waals surface area contributed by atoms with Crippen molar-refractivity contribution in [2.75, 3.05) is 19.6 Å². The van der Waals surface area contributed by atoms with Crippen LogP contribution in [-0.2, 0) is 4.79 Å². The summed E-state index contributed by atoms with van der Waals surface area (Å²) < 4.78 is 6.25. The fourth-order valence-electron chi connectivity index (χ4n) is 3.90. The fourth-order valence-corrected chi connectivity index (χ4v) is 3.90. The third-order valence-corrected chi connectivity index (χ3v) is 5.22. The maximum atomic E-state index is 11.9. The van der Waals surface area contributed by atoms with Crippen molar-refractivity contribution in [2.45, 2.75) is 45.6 Å². The molecule has 0 aliphatic carbocycles. The number of nitrogens with zero attached hydrogens (tertiary/aromatic N) is 1. The zero-order valence-electron chi connectivity index (χ0n) is 16.3. The van der Waals surface area contributed by atoms with Crippen LogP contribution in [0.5, 0.6) is 11.5 Å². The van der Waals surface area contributed by atoms with Gasteiger partial charge in [0.2, 0.25) is 5.91 Å². The lowest BCUT2D eigenvalue weighted by Gasteiger charge is -2.42. The summed E-state index contributed by atoms with van der Waals surface area (Å²) in [6.07, 6.45) is 0.719. The summed E-state index contributed by atoms with van der Waals surface area (Å²) in [5.74, 6) is 0.703. The molecule has 2 aliphatic rings. The van der Waals surface area contributed by atoms with Gasteiger partial charge in [0.15, 0.2) is 0 Å². The first kappa shape index (κ1) is 19.2. The second kappa shape index (κ2) is 6.88. The highest BCUT2D eigenvalue weighted by atomic mass is 16.5. The van der Waals surface area contributed by atoms with E-state index >= 15 is 0 Å². The number of hydrogen-bond donors (Lipinski definition) is 3. The van der Waals surface area contributed by atoms with Gasteiger partial charge < -0.3 is 15.6 Å². The molecule has 0 spiro atoms. The number of nitrogens with one attached hydrogen (secondary N) is 1. The van der Waals surface area contributed by atoms with Crippen LogP contribution in [0, 0.1) is 0 Å². The number of fused-ring (bicyclic) bond motifs is 2. The molecule has 0 aromatic heterocycles. The van der Waals surface area contributed by atoms with Gasteiger partial charge in [-0.25, -0.2) is 4.79 Å². The van der Waals surface area contributed by atoms with Crippen molar-refractivity contribution >= 4 is 17.5 Å². The van der Waals surface area contributed by atoms with Crippen LogP contribution in [0.3, 0.4) is 0 Å². The number of rotatable bonds is 3. The van der Waals surface area contributed by atoms with Gasteiger partial charge in [-0.2, -0.15) is 0 Å². The summed E-state index contributed by atoms with van der Waals surface area (Å²) in [6, 6.07) is 2.92. The molecule has 0 bridgehead atoms. The van der Waals surface area contributed by atoms with E-state index in [1.807, 2.05) is 24.8 Å². The van der Waals surface area contributed by atoms with Crippen molar-refractivity contribution in [3.8, 4) is 11.5 Å². The third-order valence-electron chi connectivity index (χ3n) is 5.22. The van der Waals surface area contributed by atoms with Crippen molar-refractivity contribution in [3.05, 3.63) is 28.8 Å². The Morgan fingerprint density at radius 2 is 2.07 bits per heavy atom. The molecule has 0 fully saturated rings. The zero-order valence-corrected chi connectivity index (χ0v) is 16.3. The summed E-state index contributed by atoms with van der Waals surface area (Å²) in [7, 11) is 0. The highest BCUT2D eigenvalue weighted by Crippen LogP contribution is 2.48. The minimum Gasteiger partial charge on any atom is -0.507 e. The predicted octanol–water partition coefficient (Wildman–Crippen LogP) is 2.34. The molecular weight excluding hydrogens is 346 g/mol. The first-order chi connectivity index (χ1) is 12.6. The summed E-state index contributed by atoms with van der Waals surface area (Å²) in [4.78, 5) is 24.7. The average molecular weight is 373 g/mol. The van der Waals surface area contributed by atoms with Gasteiger partial charge in [-0.15, -0.1) is 0 Å². The monoisotopic (exact) mass is 373 g/mol. The number of carbonyl (C=O) groups is 2. The predicted molar refractivity (Wildman–Crippen MR) is 103 cm³/mol. The number of aromatic hydroxyl groups is 1. The Hall–Kier alpha value is -2.54. The van der Waals surface area contributed by atoms with Crippen LogP contribution in [0.15, 0.2) is 17.7 Å². The third kappa shape index (κ3) is 3.78. The van der Waals surface area contributed by atoms with Gasteiger partial charge >= 0.3 is 6.03 Å². The molecule has 0 radical (unpaired) electrons. The molecule has 2 heterocycles. The Kier molecular flexibility index (Phi) is 4.90. The molecule has 0 saturated carbocycles. The molecule has 0 atom stereocenters. The molecule has 0 unspecified atom stereocenters. The number of urea groups is 1. The molecule has 4 N–H and O–H groups in total. The Labute approximate surface area is 159 Å². The van der Waals surface area contributed by atoms with Gasteiger partial charge in [0.1, 0.15) is 17.1 Å². The van der Waals surface area contributed by atoms with Gasteiger partial charge in [-0.3, -0.25) is 15.0 Å². The lowest BCUT2D eigenvalue weighted by molar-refractivity contribution is -0.121. The van der Waals surface area contributed by atoms with Gasteiger partial charge in [-0.1, -0.05) is 13.8 Å². The zero-order chi connectivity index (χ0) is 19.9. The molecule has 3 rings (SSSR count). The smallest absolute Gasteiger partial charge is 0.318 e. The molecule has 1 aromatic carbocycles. The largest absolute Gasteiger partial charge is 0.507 e. The number of imide groups is 1. The normalized spacial score (nSPS) is 18.6. The minimum atomic E-state index is -0.853. The van der Waals surface area contributed by atoms with Crippen molar-refractivity contribution in [3.63, 3.8) is 0 Å². The number of phenolic OH excluding ortho intramolecular Hbond substituents is 1. The second-order valence-electron chi connectivity index (χ2n) is 8.01. The highest BCUT2D eigenvalue weighted by Gasteiger charge is 2.39. The number of hydrogen-bond acceptors (Lipinski definition) is 5. The van der Waals surface area contributed by atoms with Crippen LogP contribution in [0.1, 0.15) is 51.2 Å². The molecular formula is C20H27N3O4. The molecule has 7 heteroatoms. The quantitative estimate of drug-likeness (QED) is 0.754. The number of nitrogens with two attached hydrogens (primary N) is 1. The number of ether oxygens (including phenoxy) is 1. The molecule has 146 valence electrons. The Bertz CT molecular complexity index is 827. The van der Waals surface area contributed by atoms with E-state index in [1.54, 1.807) is 6.07 Å². The van der Waals surface area contributed by atoms with E-state index in [0.29, 0.717) is 24.4 Å². The van der Waals surface area contributed by atoms with E-state index in [-0.39, 0.29) is 18.2 Å². The number of primary amides is 1. The van der Waals surface area contributed by atoms with Crippen molar-refractivity contribution in [2.24, 2.45) is 5.73 Å². The van der Waals surface area contributed by atoms with E-state index in [2.05, 4.69) is 19.2 Å². The van der Waals surface area contributed by atoms with E-state index in [1.165, 1.54) is 0 Å². The second-order valence-corrected chi connectivity index (χ2v) is 8.01. The fraction of sp³-hybridized carbons (Fsp3) is 0.500. The van der Waals surface area contributed by atoms with Crippen LogP contribution in [-0.4, -0.2) is 47.2 Å². The number of amides is 3. The van der Waals surface area contributed by atoms with Gasteiger partial charge in [0, 0.05) is 13.1 Å². The maximum Gasteiger partial charge on any atom is 0.318 e. The van der Waals surface area contributed by atoms with Gasteiger partial charge in [0.25, 0.3) is 0 Å².